The highest BCUT2D eigenvalue weighted by molar-refractivity contribution is 5.85. The van der Waals surface area contributed by atoms with Crippen LogP contribution in [0.1, 0.15) is 33.6 Å². The van der Waals surface area contributed by atoms with E-state index in [1.54, 1.807) is 0 Å². The van der Waals surface area contributed by atoms with E-state index in [2.05, 4.69) is 19.2 Å². The van der Waals surface area contributed by atoms with E-state index >= 15 is 0 Å². The van der Waals surface area contributed by atoms with Crippen molar-refractivity contribution in [2.45, 2.75) is 45.8 Å². The van der Waals surface area contributed by atoms with Gasteiger partial charge >= 0.3 is 0 Å². The van der Waals surface area contributed by atoms with Gasteiger partial charge in [0.2, 0.25) is 5.91 Å². The second-order valence-corrected chi connectivity index (χ2v) is 5.91. The number of halogens is 1. The summed E-state index contributed by atoms with van der Waals surface area (Å²) in [7, 11) is 0. The standard InChI is InChI=1S/C14H26N2O2.ClH/c1-10(2)12-4-7-16(8-5-12)14(17)13-11(3)18-9-6-15-13;/h10-13,15H,4-9H2,1-3H3;1H/t11-,13+;/m1./s1. The molecule has 0 saturated carbocycles. The van der Waals surface area contributed by atoms with E-state index in [1.807, 2.05) is 11.8 Å². The van der Waals surface area contributed by atoms with Crippen molar-refractivity contribution >= 4 is 18.3 Å². The van der Waals surface area contributed by atoms with Gasteiger partial charge in [-0.3, -0.25) is 4.79 Å². The largest absolute Gasteiger partial charge is 0.375 e. The zero-order chi connectivity index (χ0) is 13.1. The molecule has 0 aromatic heterocycles. The van der Waals surface area contributed by atoms with E-state index in [-0.39, 0.29) is 30.5 Å². The number of nitrogens with one attached hydrogen (secondary N) is 1. The van der Waals surface area contributed by atoms with Crippen molar-refractivity contribution < 1.29 is 9.53 Å². The number of rotatable bonds is 2. The average Bonchev–Trinajstić information content (AvgIpc) is 2.38. The van der Waals surface area contributed by atoms with Crippen LogP contribution >= 0.6 is 12.4 Å². The van der Waals surface area contributed by atoms with Crippen LogP contribution < -0.4 is 5.32 Å². The summed E-state index contributed by atoms with van der Waals surface area (Å²) >= 11 is 0. The molecule has 4 nitrogen and oxygen atoms in total. The van der Waals surface area contributed by atoms with Crippen molar-refractivity contribution in [1.82, 2.24) is 10.2 Å². The smallest absolute Gasteiger partial charge is 0.242 e. The molecule has 2 rings (SSSR count). The molecular formula is C14H27ClN2O2. The van der Waals surface area contributed by atoms with E-state index in [9.17, 15) is 4.79 Å². The van der Waals surface area contributed by atoms with Gasteiger partial charge in [-0.25, -0.2) is 0 Å². The minimum absolute atomic E-state index is 0. The number of nitrogens with zero attached hydrogens (tertiary/aromatic N) is 1. The lowest BCUT2D eigenvalue weighted by atomic mass is 9.86. The second-order valence-electron chi connectivity index (χ2n) is 5.91. The Bertz CT molecular complexity index is 291. The van der Waals surface area contributed by atoms with E-state index in [0.717, 1.165) is 44.3 Å². The van der Waals surface area contributed by atoms with Gasteiger partial charge in [0, 0.05) is 19.6 Å². The highest BCUT2D eigenvalue weighted by Crippen LogP contribution is 2.25. The van der Waals surface area contributed by atoms with Crippen LogP contribution in [-0.4, -0.2) is 49.2 Å². The maximum absolute atomic E-state index is 12.4. The Morgan fingerprint density at radius 2 is 1.95 bits per heavy atom. The summed E-state index contributed by atoms with van der Waals surface area (Å²) < 4.78 is 5.55. The van der Waals surface area contributed by atoms with Gasteiger partial charge in [0.1, 0.15) is 6.04 Å². The monoisotopic (exact) mass is 290 g/mol. The number of morpholine rings is 1. The predicted molar refractivity (Wildman–Crippen MR) is 78.6 cm³/mol. The number of piperidine rings is 1. The van der Waals surface area contributed by atoms with Crippen molar-refractivity contribution in [3.63, 3.8) is 0 Å². The molecule has 0 radical (unpaired) electrons. The third-order valence-electron chi connectivity index (χ3n) is 4.38. The topological polar surface area (TPSA) is 41.6 Å². The lowest BCUT2D eigenvalue weighted by molar-refractivity contribution is -0.141. The zero-order valence-electron chi connectivity index (χ0n) is 12.2. The average molecular weight is 291 g/mol. The summed E-state index contributed by atoms with van der Waals surface area (Å²) in [5.74, 6) is 1.74. The fourth-order valence-electron chi connectivity index (χ4n) is 2.99. The van der Waals surface area contributed by atoms with Gasteiger partial charge in [0.05, 0.1) is 12.7 Å². The first kappa shape index (κ1) is 16.7. The van der Waals surface area contributed by atoms with Gasteiger partial charge in [-0.2, -0.15) is 0 Å². The third-order valence-corrected chi connectivity index (χ3v) is 4.38. The Hall–Kier alpha value is -0.320. The molecule has 2 aliphatic heterocycles. The predicted octanol–water partition coefficient (Wildman–Crippen LogP) is 1.68. The molecule has 0 aliphatic carbocycles. The van der Waals surface area contributed by atoms with E-state index in [4.69, 9.17) is 4.74 Å². The van der Waals surface area contributed by atoms with E-state index in [1.165, 1.54) is 0 Å². The summed E-state index contributed by atoms with van der Waals surface area (Å²) in [5, 5.41) is 3.28. The highest BCUT2D eigenvalue weighted by atomic mass is 35.5. The van der Waals surface area contributed by atoms with Gasteiger partial charge in [-0.05, 0) is 31.6 Å². The summed E-state index contributed by atoms with van der Waals surface area (Å²) in [6, 6.07) is -0.144. The molecule has 1 N–H and O–H groups in total. The second kappa shape index (κ2) is 7.46. The third kappa shape index (κ3) is 4.07. The molecule has 2 heterocycles. The van der Waals surface area contributed by atoms with Gasteiger partial charge in [0.15, 0.2) is 0 Å². The van der Waals surface area contributed by atoms with Crippen molar-refractivity contribution in [3.8, 4) is 0 Å². The summed E-state index contributed by atoms with van der Waals surface area (Å²) in [5.41, 5.74) is 0. The van der Waals surface area contributed by atoms with Crippen molar-refractivity contribution in [1.29, 1.82) is 0 Å². The Labute approximate surface area is 122 Å². The SMILES string of the molecule is CC(C)C1CCN(C(=O)[C@H]2NCCO[C@@H]2C)CC1.Cl. The minimum Gasteiger partial charge on any atom is -0.375 e. The molecule has 2 saturated heterocycles. The van der Waals surface area contributed by atoms with Crippen LogP contribution in [0.25, 0.3) is 0 Å². The van der Waals surface area contributed by atoms with Gasteiger partial charge < -0.3 is 15.0 Å². The Morgan fingerprint density at radius 3 is 2.47 bits per heavy atom. The minimum atomic E-state index is -0.144. The Kier molecular flexibility index (Phi) is 6.57. The molecule has 0 spiro atoms. The molecule has 1 amide bonds. The number of carbonyl (C=O) groups is 1. The van der Waals surface area contributed by atoms with Crippen LogP contribution in [-0.2, 0) is 9.53 Å². The summed E-state index contributed by atoms with van der Waals surface area (Å²) in [6.45, 7) is 9.85. The maximum atomic E-state index is 12.4. The summed E-state index contributed by atoms with van der Waals surface area (Å²) in [6.07, 6.45) is 2.28. The number of amides is 1. The molecule has 0 unspecified atom stereocenters. The highest BCUT2D eigenvalue weighted by Gasteiger charge is 2.33. The van der Waals surface area contributed by atoms with Gasteiger partial charge in [-0.15, -0.1) is 12.4 Å². The molecule has 0 aromatic rings. The molecule has 2 aliphatic rings. The first-order chi connectivity index (χ1) is 8.59. The van der Waals surface area contributed by atoms with Crippen LogP contribution in [0.3, 0.4) is 0 Å². The molecule has 0 aromatic carbocycles. The molecule has 112 valence electrons. The fourth-order valence-corrected chi connectivity index (χ4v) is 2.99. The molecule has 0 bridgehead atoms. The van der Waals surface area contributed by atoms with Crippen molar-refractivity contribution in [2.24, 2.45) is 11.8 Å². The first-order valence-corrected chi connectivity index (χ1v) is 7.23. The number of hydrogen-bond acceptors (Lipinski definition) is 3. The van der Waals surface area contributed by atoms with Crippen LogP contribution in [0.15, 0.2) is 0 Å². The van der Waals surface area contributed by atoms with Gasteiger partial charge in [-0.1, -0.05) is 13.8 Å². The van der Waals surface area contributed by atoms with Crippen molar-refractivity contribution in [3.05, 3.63) is 0 Å². The maximum Gasteiger partial charge on any atom is 0.242 e. The number of hydrogen-bond donors (Lipinski definition) is 1. The first-order valence-electron chi connectivity index (χ1n) is 7.23. The van der Waals surface area contributed by atoms with E-state index < -0.39 is 0 Å². The lowest BCUT2D eigenvalue weighted by Gasteiger charge is -2.38. The number of likely N-dealkylation sites (tertiary alicyclic amines) is 1. The molecule has 5 heteroatoms. The Morgan fingerprint density at radius 1 is 1.32 bits per heavy atom. The molecular weight excluding hydrogens is 264 g/mol. The number of carbonyl (C=O) groups excluding carboxylic acids is 1. The number of ether oxygens (including phenoxy) is 1. The van der Waals surface area contributed by atoms with Crippen LogP contribution in [0, 0.1) is 11.8 Å². The molecule has 2 fully saturated rings. The van der Waals surface area contributed by atoms with Crippen LogP contribution in [0.2, 0.25) is 0 Å². The molecule has 19 heavy (non-hydrogen) atoms. The zero-order valence-corrected chi connectivity index (χ0v) is 13.0. The van der Waals surface area contributed by atoms with Gasteiger partial charge in [0.25, 0.3) is 0 Å². The van der Waals surface area contributed by atoms with Crippen LogP contribution in [0.4, 0.5) is 0 Å². The Balaban J connectivity index is 0.00000180. The molecule has 2 atom stereocenters. The summed E-state index contributed by atoms with van der Waals surface area (Å²) in [4.78, 5) is 14.4. The lowest BCUT2D eigenvalue weighted by Crippen LogP contribution is -2.57. The van der Waals surface area contributed by atoms with E-state index in [0.29, 0.717) is 6.61 Å². The van der Waals surface area contributed by atoms with Crippen LogP contribution in [0.5, 0.6) is 0 Å². The quantitative estimate of drug-likeness (QED) is 0.841. The fraction of sp³-hybridized carbons (Fsp3) is 0.929. The normalized spacial score (nSPS) is 29.2. The van der Waals surface area contributed by atoms with Crippen molar-refractivity contribution in [2.75, 3.05) is 26.2 Å².